The highest BCUT2D eigenvalue weighted by Crippen LogP contribution is 2.45. The van der Waals surface area contributed by atoms with Crippen LogP contribution >= 0.6 is 42.1 Å². The number of thiophene rings is 1. The zero-order chi connectivity index (χ0) is 26.8. The SMILES string of the molecule is CC(C)(C)OC(=O)N(CP(=O)(O)O)S(=O)(=O)c1cc2c(F)c(OCCCl)c(OCCCl)c(F)c2s1. The molecular weight excluding hydrogens is 578 g/mol. The Bertz CT molecular complexity index is 1190. The van der Waals surface area contributed by atoms with Crippen LogP contribution in [0.2, 0.25) is 0 Å². The maximum atomic E-state index is 15.3. The third-order valence-corrected chi connectivity index (χ3v) is 8.29. The molecule has 0 fully saturated rings. The molecular formula is C18H22Cl2F2NO9PS2. The first-order valence-corrected chi connectivity index (χ1v) is 14.8. The van der Waals surface area contributed by atoms with Gasteiger partial charge < -0.3 is 24.0 Å². The van der Waals surface area contributed by atoms with E-state index in [4.69, 9.17) is 37.4 Å². The first-order valence-electron chi connectivity index (χ1n) is 9.65. The van der Waals surface area contributed by atoms with Crippen molar-refractivity contribution >= 4 is 68.3 Å². The van der Waals surface area contributed by atoms with Gasteiger partial charge in [-0.3, -0.25) is 4.57 Å². The summed E-state index contributed by atoms with van der Waals surface area (Å²) in [5.41, 5.74) is -1.22. The van der Waals surface area contributed by atoms with E-state index in [1.807, 2.05) is 0 Å². The molecule has 17 heteroatoms. The number of amides is 1. The number of hydrogen-bond acceptors (Lipinski definition) is 8. The number of rotatable bonds is 10. The molecule has 2 N–H and O–H groups in total. The molecule has 1 aromatic heterocycles. The number of carbonyl (C=O) groups is 1. The van der Waals surface area contributed by atoms with Crippen molar-refractivity contribution in [3.8, 4) is 11.5 Å². The Kier molecular flexibility index (Phi) is 9.65. The fourth-order valence-corrected chi connectivity index (χ4v) is 6.75. The van der Waals surface area contributed by atoms with Gasteiger partial charge in [0.2, 0.25) is 11.5 Å². The van der Waals surface area contributed by atoms with Crippen molar-refractivity contribution in [1.29, 1.82) is 0 Å². The average molecular weight is 600 g/mol. The molecule has 2 rings (SSSR count). The predicted octanol–water partition coefficient (Wildman–Crippen LogP) is 4.48. The minimum absolute atomic E-state index is 0.0780. The molecule has 0 aliphatic heterocycles. The van der Waals surface area contributed by atoms with E-state index in [9.17, 15) is 27.6 Å². The van der Waals surface area contributed by atoms with Crippen LogP contribution in [0, 0.1) is 11.6 Å². The summed E-state index contributed by atoms with van der Waals surface area (Å²) in [7, 11) is -10.1. The monoisotopic (exact) mass is 599 g/mol. The van der Waals surface area contributed by atoms with Crippen molar-refractivity contribution in [2.45, 2.75) is 30.6 Å². The Morgan fingerprint density at radius 2 is 1.63 bits per heavy atom. The van der Waals surface area contributed by atoms with Gasteiger partial charge in [-0.1, -0.05) is 0 Å². The van der Waals surface area contributed by atoms with Crippen LogP contribution in [0.15, 0.2) is 10.3 Å². The minimum Gasteiger partial charge on any atom is -0.486 e. The van der Waals surface area contributed by atoms with Gasteiger partial charge in [0.1, 0.15) is 29.3 Å². The Morgan fingerprint density at radius 1 is 1.11 bits per heavy atom. The highest BCUT2D eigenvalue weighted by molar-refractivity contribution is 7.92. The lowest BCUT2D eigenvalue weighted by Crippen LogP contribution is -2.41. The molecule has 1 aromatic carbocycles. The van der Waals surface area contributed by atoms with Gasteiger partial charge in [0.25, 0.3) is 10.0 Å². The van der Waals surface area contributed by atoms with Crippen LogP contribution in [0.4, 0.5) is 13.6 Å². The molecule has 0 bridgehead atoms. The Hall–Kier alpha value is -1.41. The Labute approximate surface area is 213 Å². The molecule has 0 saturated carbocycles. The molecule has 0 spiro atoms. The largest absolute Gasteiger partial charge is 0.486 e. The first kappa shape index (κ1) is 29.8. The van der Waals surface area contributed by atoms with E-state index in [1.165, 1.54) is 20.8 Å². The lowest BCUT2D eigenvalue weighted by Gasteiger charge is -2.26. The molecule has 1 heterocycles. The summed E-state index contributed by atoms with van der Waals surface area (Å²) in [5.74, 6) is -3.82. The van der Waals surface area contributed by atoms with Gasteiger partial charge in [0.15, 0.2) is 11.6 Å². The number of nitrogens with zero attached hydrogens (tertiary/aromatic N) is 1. The summed E-state index contributed by atoms with van der Waals surface area (Å²) in [6.45, 7) is 3.75. The second kappa shape index (κ2) is 11.3. The van der Waals surface area contributed by atoms with E-state index in [1.54, 1.807) is 0 Å². The molecule has 0 unspecified atom stereocenters. The quantitative estimate of drug-likeness (QED) is 0.299. The van der Waals surface area contributed by atoms with Crippen molar-refractivity contribution in [2.75, 3.05) is 31.3 Å². The standard InChI is InChI=1S/C18H22Cl2F2NO9PS2/c1-18(2,3)32-17(24)23(9-33(25,26)27)35(28,29)11-8-10-12(21)14(30-6-4-19)15(31-7-5-20)13(22)16(10)34-11/h8H,4-7,9H2,1-3H3,(H2,25,26,27). The molecule has 10 nitrogen and oxygen atoms in total. The number of ether oxygens (including phenoxy) is 3. The van der Waals surface area contributed by atoms with E-state index in [2.05, 4.69) is 0 Å². The topological polar surface area (TPSA) is 140 Å². The summed E-state index contributed by atoms with van der Waals surface area (Å²) in [5, 5.41) is -0.533. The van der Waals surface area contributed by atoms with Gasteiger partial charge >= 0.3 is 13.7 Å². The number of sulfonamides is 1. The van der Waals surface area contributed by atoms with E-state index in [0.29, 0.717) is 6.07 Å². The van der Waals surface area contributed by atoms with Gasteiger partial charge in [-0.05, 0) is 26.8 Å². The van der Waals surface area contributed by atoms with Crippen LogP contribution in [0.1, 0.15) is 20.8 Å². The maximum Gasteiger partial charge on any atom is 0.424 e. The van der Waals surface area contributed by atoms with Crippen LogP contribution in [-0.4, -0.2) is 65.5 Å². The smallest absolute Gasteiger partial charge is 0.424 e. The Balaban J connectivity index is 2.72. The van der Waals surface area contributed by atoms with Crippen molar-refractivity contribution < 1.29 is 50.6 Å². The minimum atomic E-state index is -5.12. The van der Waals surface area contributed by atoms with Gasteiger partial charge in [-0.15, -0.1) is 34.5 Å². The molecule has 0 radical (unpaired) electrons. The van der Waals surface area contributed by atoms with Crippen molar-refractivity contribution in [3.05, 3.63) is 17.7 Å². The van der Waals surface area contributed by atoms with Crippen LogP contribution in [0.3, 0.4) is 0 Å². The molecule has 198 valence electrons. The van der Waals surface area contributed by atoms with Gasteiger partial charge in [0, 0.05) is 5.39 Å². The number of fused-ring (bicyclic) bond motifs is 1. The van der Waals surface area contributed by atoms with Crippen LogP contribution in [0.5, 0.6) is 11.5 Å². The second-order valence-electron chi connectivity index (χ2n) is 7.81. The average Bonchev–Trinajstić information content (AvgIpc) is 3.18. The maximum absolute atomic E-state index is 15.3. The number of benzene rings is 1. The highest BCUT2D eigenvalue weighted by atomic mass is 35.5. The fraction of sp³-hybridized carbons (Fsp3) is 0.500. The van der Waals surface area contributed by atoms with Crippen LogP contribution in [0.25, 0.3) is 10.1 Å². The third kappa shape index (κ3) is 7.31. The van der Waals surface area contributed by atoms with Gasteiger partial charge in [-0.2, -0.15) is 12.7 Å². The molecule has 0 atom stereocenters. The van der Waals surface area contributed by atoms with E-state index < -0.39 is 73.0 Å². The highest BCUT2D eigenvalue weighted by Gasteiger charge is 2.39. The molecule has 0 aliphatic rings. The van der Waals surface area contributed by atoms with Crippen molar-refractivity contribution in [1.82, 2.24) is 4.31 Å². The van der Waals surface area contributed by atoms with Gasteiger partial charge in [0.05, 0.1) is 16.5 Å². The summed E-state index contributed by atoms with van der Waals surface area (Å²) in [6.07, 6.45) is -3.14. The van der Waals surface area contributed by atoms with Crippen LogP contribution < -0.4 is 9.47 Å². The first-order chi connectivity index (χ1) is 16.0. The number of alkyl halides is 2. The van der Waals surface area contributed by atoms with E-state index in [-0.39, 0.29) is 40.6 Å². The third-order valence-electron chi connectivity index (χ3n) is 3.85. The van der Waals surface area contributed by atoms with Crippen LogP contribution in [-0.2, 0) is 19.3 Å². The molecule has 35 heavy (non-hydrogen) atoms. The molecule has 1 amide bonds. The van der Waals surface area contributed by atoms with E-state index in [0.717, 1.165) is 0 Å². The van der Waals surface area contributed by atoms with Gasteiger partial charge in [-0.25, -0.2) is 13.6 Å². The molecule has 0 saturated heterocycles. The lowest BCUT2D eigenvalue weighted by atomic mass is 10.2. The van der Waals surface area contributed by atoms with Crippen molar-refractivity contribution in [3.63, 3.8) is 0 Å². The number of carbonyl (C=O) groups excluding carboxylic acids is 1. The molecule has 0 aliphatic carbocycles. The summed E-state index contributed by atoms with van der Waals surface area (Å²) in [6, 6.07) is 0.712. The van der Waals surface area contributed by atoms with Crippen molar-refractivity contribution in [2.24, 2.45) is 0 Å². The predicted molar refractivity (Wildman–Crippen MR) is 126 cm³/mol. The fourth-order valence-electron chi connectivity index (χ4n) is 2.61. The number of halogens is 4. The number of hydrogen-bond donors (Lipinski definition) is 2. The Morgan fingerprint density at radius 3 is 2.09 bits per heavy atom. The summed E-state index contributed by atoms with van der Waals surface area (Å²) in [4.78, 5) is 31.2. The second-order valence-corrected chi connectivity index (χ2v) is 13.3. The zero-order valence-corrected chi connectivity index (χ0v) is 22.6. The molecule has 2 aromatic rings. The summed E-state index contributed by atoms with van der Waals surface area (Å²) < 4.78 is 82.2. The zero-order valence-electron chi connectivity index (χ0n) is 18.6. The normalized spacial score (nSPS) is 12.6. The van der Waals surface area contributed by atoms with E-state index >= 15 is 8.78 Å². The summed E-state index contributed by atoms with van der Waals surface area (Å²) >= 11 is 11.3. The lowest BCUT2D eigenvalue weighted by molar-refractivity contribution is 0.0404.